The number of hydrogen-bond donors (Lipinski definition) is 0. The first kappa shape index (κ1) is 20.9. The molecule has 1 heterocycles. The summed E-state index contributed by atoms with van der Waals surface area (Å²) in [7, 11) is 0. The van der Waals surface area contributed by atoms with Crippen LogP contribution in [0.2, 0.25) is 10.0 Å². The lowest BCUT2D eigenvalue weighted by atomic mass is 10.2. The van der Waals surface area contributed by atoms with Crippen LogP contribution in [0.4, 0.5) is 11.4 Å². The van der Waals surface area contributed by atoms with E-state index in [-0.39, 0.29) is 11.6 Å². The predicted molar refractivity (Wildman–Crippen MR) is 117 cm³/mol. The van der Waals surface area contributed by atoms with Crippen LogP contribution < -0.4 is 0 Å². The number of amides is 1. The molecule has 0 bridgehead atoms. The van der Waals surface area contributed by atoms with Crippen molar-refractivity contribution in [3.8, 4) is 0 Å². The van der Waals surface area contributed by atoms with Crippen molar-refractivity contribution in [2.24, 2.45) is 4.99 Å². The van der Waals surface area contributed by atoms with Crippen molar-refractivity contribution in [3.63, 3.8) is 0 Å². The topological polar surface area (TPSA) is 75.8 Å². The minimum absolute atomic E-state index is 0.0996. The Balaban J connectivity index is 1.98. The number of carbonyl (C=O) groups is 1. The first-order valence-corrected chi connectivity index (χ1v) is 10.4. The fraction of sp³-hybridized carbons (Fsp3) is 0.111. The number of carbonyl (C=O) groups excluding carboxylic acids is 1. The first-order valence-electron chi connectivity index (χ1n) is 7.99. The molecule has 6 nitrogen and oxygen atoms in total. The van der Waals surface area contributed by atoms with Gasteiger partial charge in [0.25, 0.3) is 11.6 Å². The van der Waals surface area contributed by atoms with E-state index in [1.165, 1.54) is 34.9 Å². The average molecular weight is 501 g/mol. The van der Waals surface area contributed by atoms with E-state index in [4.69, 9.17) is 23.2 Å². The maximum absolute atomic E-state index is 12.7. The Kier molecular flexibility index (Phi) is 6.44. The van der Waals surface area contributed by atoms with Crippen LogP contribution in [-0.2, 0) is 4.79 Å². The number of amidine groups is 1. The summed E-state index contributed by atoms with van der Waals surface area (Å²) < 4.78 is 0.751. The highest BCUT2D eigenvalue weighted by Gasteiger charge is 2.32. The van der Waals surface area contributed by atoms with Crippen LogP contribution in [0.15, 0.2) is 50.8 Å². The summed E-state index contributed by atoms with van der Waals surface area (Å²) in [5.74, 6) is -0.239. The van der Waals surface area contributed by atoms with Crippen molar-refractivity contribution in [2.45, 2.75) is 6.92 Å². The lowest BCUT2D eigenvalue weighted by Crippen LogP contribution is -2.28. The SMILES string of the molecule is CCN1C(=O)/C(=C\c2cc([N+](=O)[O-])ccc2Cl)SC1=Nc1ccc(Br)c(Cl)c1. The molecule has 144 valence electrons. The highest BCUT2D eigenvalue weighted by atomic mass is 79.9. The van der Waals surface area contributed by atoms with Gasteiger partial charge in [0.05, 0.1) is 20.5 Å². The van der Waals surface area contributed by atoms with E-state index >= 15 is 0 Å². The number of nitrogens with zero attached hydrogens (tertiary/aromatic N) is 3. The number of aliphatic imine (C=N–C) groups is 1. The van der Waals surface area contributed by atoms with Crippen molar-refractivity contribution in [1.82, 2.24) is 4.90 Å². The molecule has 0 N–H and O–H groups in total. The van der Waals surface area contributed by atoms with E-state index in [1.807, 2.05) is 6.92 Å². The quantitative estimate of drug-likeness (QED) is 0.281. The lowest BCUT2D eigenvalue weighted by molar-refractivity contribution is -0.384. The monoisotopic (exact) mass is 499 g/mol. The Morgan fingerprint density at radius 3 is 2.64 bits per heavy atom. The van der Waals surface area contributed by atoms with Crippen LogP contribution in [0.25, 0.3) is 6.08 Å². The van der Waals surface area contributed by atoms with E-state index < -0.39 is 4.92 Å². The predicted octanol–water partition coefficient (Wildman–Crippen LogP) is 6.29. The van der Waals surface area contributed by atoms with Gasteiger partial charge >= 0.3 is 0 Å². The second kappa shape index (κ2) is 8.65. The highest BCUT2D eigenvalue weighted by molar-refractivity contribution is 9.10. The van der Waals surface area contributed by atoms with Gasteiger partial charge in [-0.15, -0.1) is 0 Å². The van der Waals surface area contributed by atoms with Gasteiger partial charge < -0.3 is 0 Å². The van der Waals surface area contributed by atoms with Gasteiger partial charge in [0.15, 0.2) is 5.17 Å². The molecule has 1 amide bonds. The number of nitro benzene ring substituents is 1. The molecule has 0 saturated carbocycles. The Hall–Kier alpha value is -1.87. The van der Waals surface area contributed by atoms with E-state index in [2.05, 4.69) is 20.9 Å². The minimum atomic E-state index is -0.509. The molecule has 0 aliphatic carbocycles. The van der Waals surface area contributed by atoms with Crippen molar-refractivity contribution in [2.75, 3.05) is 6.54 Å². The Labute approximate surface area is 183 Å². The molecule has 1 fully saturated rings. The third-order valence-corrected chi connectivity index (χ3v) is 6.39. The van der Waals surface area contributed by atoms with E-state index in [0.29, 0.717) is 37.9 Å². The summed E-state index contributed by atoms with van der Waals surface area (Å²) in [6.45, 7) is 2.26. The van der Waals surface area contributed by atoms with Gasteiger partial charge in [0, 0.05) is 33.7 Å². The normalized spacial score (nSPS) is 17.0. The highest BCUT2D eigenvalue weighted by Crippen LogP contribution is 2.36. The molecule has 1 saturated heterocycles. The number of nitro groups is 1. The van der Waals surface area contributed by atoms with Crippen molar-refractivity contribution < 1.29 is 9.72 Å². The molecule has 0 unspecified atom stereocenters. The molecule has 2 aromatic rings. The molecule has 2 aromatic carbocycles. The molecular weight excluding hydrogens is 489 g/mol. The van der Waals surface area contributed by atoms with Gasteiger partial charge in [-0.25, -0.2) is 4.99 Å². The van der Waals surface area contributed by atoms with Crippen LogP contribution >= 0.6 is 50.9 Å². The van der Waals surface area contributed by atoms with Gasteiger partial charge in [-0.3, -0.25) is 19.8 Å². The first-order chi connectivity index (χ1) is 13.3. The average Bonchev–Trinajstić information content (AvgIpc) is 2.94. The molecule has 10 heteroatoms. The Bertz CT molecular complexity index is 1040. The Morgan fingerprint density at radius 1 is 1.25 bits per heavy atom. The molecule has 0 atom stereocenters. The molecule has 28 heavy (non-hydrogen) atoms. The van der Waals surface area contributed by atoms with Gasteiger partial charge in [0.2, 0.25) is 0 Å². The number of halogens is 3. The molecule has 3 rings (SSSR count). The molecule has 0 radical (unpaired) electrons. The molecular formula is C18H12BrCl2N3O3S. The standard InChI is InChI=1S/C18H12BrCl2N3O3S/c1-2-23-17(25)16(8-10-7-12(24(26)27)4-6-14(10)20)28-18(23)22-11-3-5-13(19)15(21)9-11/h3-9H,2H2,1H3/b16-8+,22-18?. The second-order valence-corrected chi connectivity index (χ2v) is 8.29. The Morgan fingerprint density at radius 2 is 2.00 bits per heavy atom. The number of hydrogen-bond acceptors (Lipinski definition) is 5. The summed E-state index contributed by atoms with van der Waals surface area (Å²) >= 11 is 16.8. The lowest BCUT2D eigenvalue weighted by Gasteiger charge is -2.12. The summed E-state index contributed by atoms with van der Waals surface area (Å²) in [6, 6.07) is 9.34. The largest absolute Gasteiger partial charge is 0.287 e. The molecule has 0 aromatic heterocycles. The van der Waals surface area contributed by atoms with Crippen LogP contribution in [0.1, 0.15) is 12.5 Å². The smallest absolute Gasteiger partial charge is 0.270 e. The van der Waals surface area contributed by atoms with Gasteiger partial charge in [-0.05, 0) is 65.0 Å². The number of thioether (sulfide) groups is 1. The summed E-state index contributed by atoms with van der Waals surface area (Å²) in [5, 5.41) is 12.3. The van der Waals surface area contributed by atoms with Crippen LogP contribution in [0, 0.1) is 10.1 Å². The third-order valence-electron chi connectivity index (χ3n) is 3.81. The van der Waals surface area contributed by atoms with Crippen molar-refractivity contribution in [1.29, 1.82) is 0 Å². The number of benzene rings is 2. The van der Waals surface area contributed by atoms with Crippen LogP contribution in [0.3, 0.4) is 0 Å². The zero-order valence-corrected chi connectivity index (χ0v) is 18.3. The van der Waals surface area contributed by atoms with Crippen LogP contribution in [0.5, 0.6) is 0 Å². The minimum Gasteiger partial charge on any atom is -0.287 e. The number of non-ortho nitro benzene ring substituents is 1. The third kappa shape index (κ3) is 4.41. The molecule has 1 aliphatic rings. The summed E-state index contributed by atoms with van der Waals surface area (Å²) in [4.78, 5) is 29.7. The summed E-state index contributed by atoms with van der Waals surface area (Å²) in [6.07, 6.45) is 1.54. The number of likely N-dealkylation sites (N-methyl/N-ethyl adjacent to an activating group) is 1. The fourth-order valence-electron chi connectivity index (χ4n) is 2.43. The molecule has 0 spiro atoms. The molecule has 1 aliphatic heterocycles. The van der Waals surface area contributed by atoms with E-state index in [1.54, 1.807) is 24.3 Å². The summed E-state index contributed by atoms with van der Waals surface area (Å²) in [5.41, 5.74) is 0.907. The zero-order chi connectivity index (χ0) is 20.4. The van der Waals surface area contributed by atoms with Crippen molar-refractivity contribution in [3.05, 3.63) is 71.5 Å². The number of rotatable bonds is 4. The van der Waals surface area contributed by atoms with Gasteiger partial charge in [-0.1, -0.05) is 23.2 Å². The maximum atomic E-state index is 12.7. The zero-order valence-electron chi connectivity index (χ0n) is 14.4. The van der Waals surface area contributed by atoms with Gasteiger partial charge in [0.1, 0.15) is 0 Å². The van der Waals surface area contributed by atoms with Crippen LogP contribution in [-0.4, -0.2) is 27.4 Å². The fourth-order valence-corrected chi connectivity index (χ4v) is 4.08. The van der Waals surface area contributed by atoms with E-state index in [0.717, 1.165) is 4.47 Å². The second-order valence-electron chi connectivity index (χ2n) is 5.62. The van der Waals surface area contributed by atoms with Crippen molar-refractivity contribution >= 4 is 79.4 Å². The van der Waals surface area contributed by atoms with E-state index in [9.17, 15) is 14.9 Å². The maximum Gasteiger partial charge on any atom is 0.270 e. The van der Waals surface area contributed by atoms with Gasteiger partial charge in [-0.2, -0.15) is 0 Å².